The van der Waals surface area contributed by atoms with Crippen LogP contribution in [0.2, 0.25) is 0 Å². The lowest BCUT2D eigenvalue weighted by atomic mass is 9.83. The van der Waals surface area contributed by atoms with E-state index in [0.717, 1.165) is 0 Å². The third kappa shape index (κ3) is 6.60. The second-order valence-corrected chi connectivity index (χ2v) is 10.1. The van der Waals surface area contributed by atoms with E-state index in [-0.39, 0.29) is 19.4 Å². The van der Waals surface area contributed by atoms with Gasteiger partial charge in [-0.2, -0.15) is 0 Å². The molecule has 0 aromatic carbocycles. The number of aliphatic hydroxyl groups excluding tert-OH is 7. The Hall–Kier alpha value is -1.13. The highest BCUT2D eigenvalue weighted by Gasteiger charge is 2.54. The van der Waals surface area contributed by atoms with Crippen LogP contribution in [0.25, 0.3) is 0 Å². The Kier molecular flexibility index (Phi) is 11.1. The minimum atomic E-state index is -1.57. The van der Waals surface area contributed by atoms with E-state index in [2.05, 4.69) is 28.3 Å². The molecule has 0 bridgehead atoms. The fraction of sp³-hybridized carbons (Fsp3) is 0.952. The van der Waals surface area contributed by atoms with E-state index >= 15 is 0 Å². The van der Waals surface area contributed by atoms with Gasteiger partial charge in [-0.25, -0.2) is 0 Å². The Morgan fingerprint density at radius 1 is 0.895 bits per heavy atom. The van der Waals surface area contributed by atoms with Crippen molar-refractivity contribution in [3.8, 4) is 0 Å². The van der Waals surface area contributed by atoms with E-state index in [1.165, 1.54) is 0 Å². The number of quaternary nitrogens is 4. The summed E-state index contributed by atoms with van der Waals surface area (Å²) in [5.74, 6) is -0.722. The molecule has 0 unspecified atom stereocenters. The van der Waals surface area contributed by atoms with Crippen LogP contribution in [0.5, 0.6) is 0 Å². The van der Waals surface area contributed by atoms with Crippen LogP contribution >= 0.6 is 0 Å². The molecule has 1 saturated carbocycles. The predicted molar refractivity (Wildman–Crippen MR) is 120 cm³/mol. The van der Waals surface area contributed by atoms with Gasteiger partial charge in [0.2, 0.25) is 12.2 Å². The van der Waals surface area contributed by atoms with Crippen LogP contribution in [0.1, 0.15) is 12.8 Å². The first kappa shape index (κ1) is 31.4. The maximum atomic E-state index is 12.5. The highest BCUT2D eigenvalue weighted by molar-refractivity contribution is 5.80. The summed E-state index contributed by atoms with van der Waals surface area (Å²) in [5.41, 5.74) is 15.2. The fourth-order valence-corrected chi connectivity index (χ4v) is 5.03. The van der Waals surface area contributed by atoms with E-state index in [9.17, 15) is 40.5 Å². The average molecular weight is 560 g/mol. The molecule has 17 nitrogen and oxygen atoms in total. The molecule has 222 valence electrons. The first-order chi connectivity index (χ1) is 17.9. The monoisotopic (exact) mass is 559 g/mol. The summed E-state index contributed by atoms with van der Waals surface area (Å²) in [7, 11) is 0. The van der Waals surface area contributed by atoms with Crippen LogP contribution < -0.4 is 28.3 Å². The van der Waals surface area contributed by atoms with Gasteiger partial charge in [-0.3, -0.25) is 4.79 Å². The average Bonchev–Trinajstić information content (AvgIpc) is 3.16. The second-order valence-electron chi connectivity index (χ2n) is 10.1. The molecular weight excluding hydrogens is 514 g/mol. The van der Waals surface area contributed by atoms with Crippen molar-refractivity contribution < 1.29 is 82.4 Å². The van der Waals surface area contributed by atoms with E-state index in [1.807, 2.05) is 0 Å². The number of rotatable bonds is 10. The quantitative estimate of drug-likeness (QED) is 0.119. The van der Waals surface area contributed by atoms with Crippen molar-refractivity contribution in [2.45, 2.75) is 105 Å². The number of carbonyl (C=O) groups is 1. The molecule has 17 heteroatoms. The first-order valence-corrected chi connectivity index (χ1v) is 12.8. The predicted octanol–water partition coefficient (Wildman–Crippen LogP) is -10.7. The maximum absolute atomic E-state index is 12.5. The third-order valence-corrected chi connectivity index (χ3v) is 7.40. The minimum absolute atomic E-state index is 0.0863. The van der Waals surface area contributed by atoms with E-state index in [4.69, 9.17) is 18.9 Å². The van der Waals surface area contributed by atoms with E-state index in [0.29, 0.717) is 6.54 Å². The summed E-state index contributed by atoms with van der Waals surface area (Å²) in [6.07, 6.45) is -15.2. The molecule has 0 aromatic heterocycles. The van der Waals surface area contributed by atoms with Gasteiger partial charge in [0.25, 0.3) is 0 Å². The Balaban J connectivity index is 1.84. The molecule has 2 saturated heterocycles. The van der Waals surface area contributed by atoms with Gasteiger partial charge >= 0.3 is 0 Å². The molecular formula is C21H45N5O12+4. The molecule has 1 amide bonds. The molecule has 0 spiro atoms. The summed E-state index contributed by atoms with van der Waals surface area (Å²) in [6.45, 7) is -0.162. The first-order valence-electron chi connectivity index (χ1n) is 12.8. The lowest BCUT2D eigenvalue weighted by Crippen LogP contribution is -2.82. The third-order valence-electron chi connectivity index (χ3n) is 7.40. The van der Waals surface area contributed by atoms with Gasteiger partial charge in [-0.15, -0.1) is 0 Å². The smallest absolute Gasteiger partial charge is 0.249 e. The van der Waals surface area contributed by atoms with Gasteiger partial charge in [0.1, 0.15) is 73.6 Å². The van der Waals surface area contributed by atoms with Gasteiger partial charge in [-0.05, 0) is 0 Å². The summed E-state index contributed by atoms with van der Waals surface area (Å²) in [6, 6.07) is -2.56. The van der Waals surface area contributed by atoms with Crippen molar-refractivity contribution in [2.75, 3.05) is 19.7 Å². The van der Waals surface area contributed by atoms with Gasteiger partial charge < -0.3 is 82.9 Å². The van der Waals surface area contributed by atoms with Crippen LogP contribution in [-0.4, -0.2) is 153 Å². The highest BCUT2D eigenvalue weighted by atomic mass is 16.7. The van der Waals surface area contributed by atoms with E-state index < -0.39 is 104 Å². The standard InChI is InChI=1S/C21H41N5O12/c22-2-1-8(28)19(34)26-7-3-6(24)17(37-20-11(25)15(32)13(30)9(4-23)35-20)18(12(7)29)38-21-16(33)14(31)10(5-27)36-21/h6-18,20-21,27-33H,1-5,22-25H2,(H,26,34)/p+4/t6-,7+,8-,9+,10+,11+,12-,13+,14-,15+,16+,17+,18+,20+,21-/m0/s1. The van der Waals surface area contributed by atoms with Crippen molar-refractivity contribution in [2.24, 2.45) is 0 Å². The minimum Gasteiger partial charge on any atom is -0.394 e. The van der Waals surface area contributed by atoms with Gasteiger partial charge in [0.05, 0.1) is 19.2 Å². The largest absolute Gasteiger partial charge is 0.394 e. The summed E-state index contributed by atoms with van der Waals surface area (Å²) in [5, 5.41) is 74.5. The molecule has 3 rings (SSSR count). The van der Waals surface area contributed by atoms with Crippen molar-refractivity contribution in [3.63, 3.8) is 0 Å². The van der Waals surface area contributed by atoms with Crippen LogP contribution in [0, 0.1) is 0 Å². The maximum Gasteiger partial charge on any atom is 0.249 e. The zero-order valence-corrected chi connectivity index (χ0v) is 21.2. The molecule has 3 aliphatic rings. The van der Waals surface area contributed by atoms with Crippen molar-refractivity contribution in [3.05, 3.63) is 0 Å². The van der Waals surface area contributed by atoms with Crippen molar-refractivity contribution in [1.82, 2.24) is 5.32 Å². The Labute approximate surface area is 218 Å². The lowest BCUT2D eigenvalue weighted by Gasteiger charge is -2.45. The molecule has 2 aliphatic heterocycles. The molecule has 2 heterocycles. The Bertz CT molecular complexity index is 770. The normalized spacial score (nSPS) is 46.6. The van der Waals surface area contributed by atoms with Crippen LogP contribution in [0.4, 0.5) is 0 Å². The number of amides is 1. The van der Waals surface area contributed by atoms with Crippen LogP contribution in [0.3, 0.4) is 0 Å². The van der Waals surface area contributed by atoms with Gasteiger partial charge in [0, 0.05) is 12.8 Å². The Morgan fingerprint density at radius 3 is 2.08 bits per heavy atom. The lowest BCUT2D eigenvalue weighted by molar-refractivity contribution is -0.525. The number of hydrogen-bond donors (Lipinski definition) is 12. The molecule has 20 N–H and O–H groups in total. The molecule has 0 radical (unpaired) electrons. The molecule has 0 aromatic rings. The number of hydrogen-bond acceptors (Lipinski definition) is 12. The SMILES string of the molecule is [NH3+]CC[C@H](O)C(=O)N[C@@H]1C[C@H]([NH3+])[C@@H](O[C@H]2O[C@H](C[NH3+])[C@@H](O)[C@H](O)[C@H]2[NH3+])[C@H](O[C@@H]2O[C@H](CO)[C@H](O)[C@H]2O)[C@H]1O. The Morgan fingerprint density at radius 2 is 1.50 bits per heavy atom. The number of aliphatic hydroxyl groups is 7. The van der Waals surface area contributed by atoms with Crippen LogP contribution in [0.15, 0.2) is 0 Å². The van der Waals surface area contributed by atoms with Gasteiger partial charge in [-0.1, -0.05) is 0 Å². The van der Waals surface area contributed by atoms with E-state index in [1.54, 1.807) is 0 Å². The molecule has 3 fully saturated rings. The molecule has 15 atom stereocenters. The fourth-order valence-electron chi connectivity index (χ4n) is 5.03. The molecule has 1 aliphatic carbocycles. The highest BCUT2D eigenvalue weighted by Crippen LogP contribution is 2.32. The second kappa shape index (κ2) is 13.5. The van der Waals surface area contributed by atoms with Gasteiger partial charge in [0.15, 0.2) is 12.3 Å². The summed E-state index contributed by atoms with van der Waals surface area (Å²) < 4.78 is 23.2. The number of carbonyl (C=O) groups excluding carboxylic acids is 1. The zero-order valence-electron chi connectivity index (χ0n) is 21.2. The zero-order chi connectivity index (χ0) is 28.3. The number of nitrogens with one attached hydrogen (secondary N) is 1. The van der Waals surface area contributed by atoms with Crippen molar-refractivity contribution >= 4 is 5.91 Å². The van der Waals surface area contributed by atoms with Crippen molar-refractivity contribution in [1.29, 1.82) is 0 Å². The molecule has 38 heavy (non-hydrogen) atoms. The topological polar surface area (TPSA) is 318 Å². The van der Waals surface area contributed by atoms with Crippen LogP contribution in [-0.2, 0) is 23.7 Å². The number of ether oxygens (including phenoxy) is 4. The summed E-state index contributed by atoms with van der Waals surface area (Å²) >= 11 is 0. The summed E-state index contributed by atoms with van der Waals surface area (Å²) in [4.78, 5) is 12.5.